The van der Waals surface area contributed by atoms with E-state index in [1.165, 1.54) is 24.4 Å². The minimum Gasteiger partial charge on any atom is -0.333 e. The van der Waals surface area contributed by atoms with Crippen molar-refractivity contribution < 1.29 is 4.79 Å². The normalized spacial score (nSPS) is 22.3. The first kappa shape index (κ1) is 16.2. The summed E-state index contributed by atoms with van der Waals surface area (Å²) in [7, 11) is 1.92. The molecule has 2 atom stereocenters. The molecule has 2 amide bonds. The number of hydrogen-bond acceptors (Lipinski definition) is 4. The molecule has 5 nitrogen and oxygen atoms in total. The van der Waals surface area contributed by atoms with Gasteiger partial charge in [-0.1, -0.05) is 31.7 Å². The van der Waals surface area contributed by atoms with Gasteiger partial charge in [0.2, 0.25) is 0 Å². The van der Waals surface area contributed by atoms with E-state index in [4.69, 9.17) is 0 Å². The Kier molecular flexibility index (Phi) is 4.86. The number of carbonyl (C=O) groups is 1. The Morgan fingerprint density at radius 1 is 1.43 bits per heavy atom. The fourth-order valence-electron chi connectivity index (χ4n) is 3.26. The molecule has 1 aromatic rings. The van der Waals surface area contributed by atoms with E-state index in [1.54, 1.807) is 0 Å². The number of nitrogens with one attached hydrogen (secondary N) is 1. The van der Waals surface area contributed by atoms with Crippen molar-refractivity contribution in [1.82, 2.24) is 19.8 Å². The van der Waals surface area contributed by atoms with E-state index >= 15 is 0 Å². The average Bonchev–Trinajstić information content (AvgIpc) is 3.03. The van der Waals surface area contributed by atoms with Gasteiger partial charge in [0.15, 0.2) is 0 Å². The minimum absolute atomic E-state index is 0.00366. The van der Waals surface area contributed by atoms with Crippen molar-refractivity contribution in [2.24, 2.45) is 11.3 Å². The van der Waals surface area contributed by atoms with E-state index in [1.807, 2.05) is 18.9 Å². The topological polar surface area (TPSA) is 58.1 Å². The second-order valence-electron chi connectivity index (χ2n) is 7.02. The van der Waals surface area contributed by atoms with Crippen LogP contribution in [-0.4, -0.2) is 33.6 Å². The van der Waals surface area contributed by atoms with E-state index < -0.39 is 0 Å². The summed E-state index contributed by atoms with van der Waals surface area (Å²) in [5.41, 5.74) is 1.14. The Balaban J connectivity index is 1.94. The molecule has 118 valence electrons. The van der Waals surface area contributed by atoms with Gasteiger partial charge in [0.25, 0.3) is 0 Å². The maximum absolute atomic E-state index is 12.4. The number of rotatable bonds is 3. The molecule has 0 radical (unpaired) electrons. The number of urea groups is 1. The molecule has 6 heteroatoms. The molecule has 2 rings (SSSR count). The molecular weight excluding hydrogens is 284 g/mol. The highest BCUT2D eigenvalue weighted by Crippen LogP contribution is 2.41. The van der Waals surface area contributed by atoms with Crippen molar-refractivity contribution in [3.05, 3.63) is 10.6 Å². The predicted molar refractivity (Wildman–Crippen MR) is 85.2 cm³/mol. The molecule has 21 heavy (non-hydrogen) atoms. The summed E-state index contributed by atoms with van der Waals surface area (Å²) in [6.07, 6.45) is 3.53. The van der Waals surface area contributed by atoms with Gasteiger partial charge >= 0.3 is 6.03 Å². The molecule has 2 unspecified atom stereocenters. The molecule has 1 aromatic heterocycles. The highest BCUT2D eigenvalue weighted by molar-refractivity contribution is 7.05. The first-order valence-corrected chi connectivity index (χ1v) is 8.36. The average molecular weight is 310 g/mol. The number of hydrogen-bond donors (Lipinski definition) is 1. The van der Waals surface area contributed by atoms with Gasteiger partial charge in [0.05, 0.1) is 17.1 Å². The monoisotopic (exact) mass is 310 g/mol. The summed E-state index contributed by atoms with van der Waals surface area (Å²) in [6.45, 7) is 9.25. The van der Waals surface area contributed by atoms with Crippen LogP contribution in [0.3, 0.4) is 0 Å². The molecule has 0 aromatic carbocycles. The lowest BCUT2D eigenvalue weighted by Crippen LogP contribution is -2.47. The Labute approximate surface area is 131 Å². The molecule has 1 aliphatic rings. The summed E-state index contributed by atoms with van der Waals surface area (Å²) in [4.78, 5) is 15.3. The van der Waals surface area contributed by atoms with Crippen molar-refractivity contribution in [3.8, 4) is 0 Å². The maximum atomic E-state index is 12.4. The SMILES string of the molecule is Cc1nnsc1CNC(=O)N(C)C1CCCC1C(C)(C)C. The van der Waals surface area contributed by atoms with E-state index in [2.05, 4.69) is 35.7 Å². The Bertz CT molecular complexity index is 494. The predicted octanol–water partition coefficient (Wildman–Crippen LogP) is 3.20. The zero-order chi connectivity index (χ0) is 15.6. The number of carbonyl (C=O) groups excluding carboxylic acids is 1. The zero-order valence-corrected chi connectivity index (χ0v) is 14.5. The molecule has 0 aliphatic heterocycles. The lowest BCUT2D eigenvalue weighted by atomic mass is 9.77. The van der Waals surface area contributed by atoms with Crippen LogP contribution in [0.4, 0.5) is 4.79 Å². The van der Waals surface area contributed by atoms with Gasteiger partial charge in [-0.05, 0) is 42.6 Å². The lowest BCUT2D eigenvalue weighted by Gasteiger charge is -2.37. The Morgan fingerprint density at radius 3 is 2.71 bits per heavy atom. The molecule has 0 spiro atoms. The van der Waals surface area contributed by atoms with Gasteiger partial charge in [-0.2, -0.15) is 0 Å². The van der Waals surface area contributed by atoms with Gasteiger partial charge in [-0.15, -0.1) is 5.10 Å². The summed E-state index contributed by atoms with van der Waals surface area (Å²) in [5.74, 6) is 0.569. The molecule has 1 saturated carbocycles. The zero-order valence-electron chi connectivity index (χ0n) is 13.6. The fraction of sp³-hybridized carbons (Fsp3) is 0.800. The number of amides is 2. The van der Waals surface area contributed by atoms with E-state index in [9.17, 15) is 4.79 Å². The molecular formula is C15H26N4OS. The van der Waals surface area contributed by atoms with Crippen molar-refractivity contribution in [2.75, 3.05) is 7.05 Å². The number of aryl methyl sites for hydroxylation is 1. The van der Waals surface area contributed by atoms with E-state index in [0.717, 1.165) is 17.0 Å². The summed E-state index contributed by atoms with van der Waals surface area (Å²) in [5, 5.41) is 6.96. The van der Waals surface area contributed by atoms with Crippen molar-refractivity contribution in [3.63, 3.8) is 0 Å². The van der Waals surface area contributed by atoms with Crippen LogP contribution >= 0.6 is 11.5 Å². The van der Waals surface area contributed by atoms with Crippen molar-refractivity contribution in [2.45, 2.75) is 59.5 Å². The quantitative estimate of drug-likeness (QED) is 0.932. The minimum atomic E-state index is 0.00366. The first-order chi connectivity index (χ1) is 9.80. The van der Waals surface area contributed by atoms with Crippen LogP contribution in [0.1, 0.15) is 50.6 Å². The second kappa shape index (κ2) is 6.30. The highest BCUT2D eigenvalue weighted by Gasteiger charge is 2.39. The van der Waals surface area contributed by atoms with Crippen LogP contribution in [0.5, 0.6) is 0 Å². The molecule has 1 N–H and O–H groups in total. The van der Waals surface area contributed by atoms with Crippen LogP contribution in [0.25, 0.3) is 0 Å². The third-order valence-electron chi connectivity index (χ3n) is 4.56. The molecule has 1 aliphatic carbocycles. The van der Waals surface area contributed by atoms with Crippen LogP contribution in [0.15, 0.2) is 0 Å². The Morgan fingerprint density at radius 2 is 2.14 bits per heavy atom. The highest BCUT2D eigenvalue weighted by atomic mass is 32.1. The lowest BCUT2D eigenvalue weighted by molar-refractivity contribution is 0.128. The summed E-state index contributed by atoms with van der Waals surface area (Å²) >= 11 is 1.35. The Hall–Kier alpha value is -1.17. The summed E-state index contributed by atoms with van der Waals surface area (Å²) < 4.78 is 3.89. The smallest absolute Gasteiger partial charge is 0.317 e. The second-order valence-corrected chi connectivity index (χ2v) is 7.86. The van der Waals surface area contributed by atoms with Crippen molar-refractivity contribution in [1.29, 1.82) is 0 Å². The van der Waals surface area contributed by atoms with Gasteiger partial charge in [0, 0.05) is 13.1 Å². The third-order valence-corrected chi connectivity index (χ3v) is 5.38. The number of nitrogens with zero attached hydrogens (tertiary/aromatic N) is 3. The molecule has 1 heterocycles. The molecule has 0 bridgehead atoms. The molecule has 0 saturated heterocycles. The van der Waals surface area contributed by atoms with Gasteiger partial charge in [-0.3, -0.25) is 0 Å². The standard InChI is InChI=1S/C15H26N4OS/c1-10-13(21-18-17-10)9-16-14(20)19(5)12-8-6-7-11(12)15(2,3)4/h11-12H,6-9H2,1-5H3,(H,16,20). The van der Waals surface area contributed by atoms with Crippen LogP contribution in [0, 0.1) is 18.3 Å². The maximum Gasteiger partial charge on any atom is 0.317 e. The third kappa shape index (κ3) is 3.73. The summed E-state index contributed by atoms with van der Waals surface area (Å²) in [6, 6.07) is 0.342. The largest absolute Gasteiger partial charge is 0.333 e. The number of aromatic nitrogens is 2. The van der Waals surface area contributed by atoms with Gasteiger partial charge in [-0.25, -0.2) is 4.79 Å². The van der Waals surface area contributed by atoms with E-state index in [-0.39, 0.29) is 11.4 Å². The molecule has 1 fully saturated rings. The van der Waals surface area contributed by atoms with Gasteiger partial charge < -0.3 is 10.2 Å². The van der Waals surface area contributed by atoms with Gasteiger partial charge in [0.1, 0.15) is 0 Å². The first-order valence-electron chi connectivity index (χ1n) is 7.59. The fourth-order valence-corrected chi connectivity index (χ4v) is 3.83. The van der Waals surface area contributed by atoms with Crippen molar-refractivity contribution >= 4 is 17.6 Å². The van der Waals surface area contributed by atoms with Crippen LogP contribution < -0.4 is 5.32 Å². The van der Waals surface area contributed by atoms with E-state index in [0.29, 0.717) is 18.5 Å². The van der Waals surface area contributed by atoms with Crippen LogP contribution in [-0.2, 0) is 6.54 Å². The van der Waals surface area contributed by atoms with Crippen LogP contribution in [0.2, 0.25) is 0 Å².